The molecule has 1 heteroatoms. The van der Waals surface area contributed by atoms with Gasteiger partial charge in [-0.05, 0) is 18.8 Å². The third-order valence-corrected chi connectivity index (χ3v) is 2.29. The Morgan fingerprint density at radius 3 is 2.60 bits per heavy atom. The normalized spacial score (nSPS) is 25.1. The van der Waals surface area contributed by atoms with Crippen LogP contribution in [0.4, 0.5) is 0 Å². The lowest BCUT2D eigenvalue weighted by molar-refractivity contribution is -0.129. The van der Waals surface area contributed by atoms with Crippen LogP contribution in [0.15, 0.2) is 0 Å². The maximum Gasteiger partial charge on any atom is 0.136 e. The maximum absolute atomic E-state index is 10.8. The molecule has 1 rings (SSSR count). The first-order valence-corrected chi connectivity index (χ1v) is 4.23. The number of ketones is 1. The second-order valence-electron chi connectivity index (χ2n) is 3.67. The van der Waals surface area contributed by atoms with E-state index in [1.165, 1.54) is 6.42 Å². The average molecular weight is 140 g/mol. The van der Waals surface area contributed by atoms with Gasteiger partial charge in [0.05, 0.1) is 0 Å². The summed E-state index contributed by atoms with van der Waals surface area (Å²) in [6, 6.07) is 0. The zero-order chi connectivity index (χ0) is 7.56. The molecule has 0 amide bonds. The maximum atomic E-state index is 10.8. The summed E-state index contributed by atoms with van der Waals surface area (Å²) in [5.74, 6) is 1.71. The van der Waals surface area contributed by atoms with Gasteiger partial charge in [-0.3, -0.25) is 4.79 Å². The van der Waals surface area contributed by atoms with Crippen LogP contribution in [0, 0.1) is 11.8 Å². The van der Waals surface area contributed by atoms with Gasteiger partial charge in [0.25, 0.3) is 0 Å². The van der Waals surface area contributed by atoms with Crippen LogP contribution in [0.2, 0.25) is 0 Å². The molecular formula is C9H16O. The fraction of sp³-hybridized carbons (Fsp3) is 0.889. The van der Waals surface area contributed by atoms with Gasteiger partial charge < -0.3 is 0 Å². The molecule has 0 aromatic rings. The number of hydrogen-bond acceptors (Lipinski definition) is 1. The second kappa shape index (κ2) is 3.18. The van der Waals surface area contributed by atoms with Crippen molar-refractivity contribution in [3.05, 3.63) is 0 Å². The van der Waals surface area contributed by atoms with Gasteiger partial charge in [0.15, 0.2) is 0 Å². The summed E-state index contributed by atoms with van der Waals surface area (Å²) in [5, 5.41) is 0. The van der Waals surface area contributed by atoms with Crippen LogP contribution >= 0.6 is 0 Å². The number of hydrogen-bond donors (Lipinski definition) is 0. The SMILES string of the molecule is CC(C)CCC1CCC1=O. The summed E-state index contributed by atoms with van der Waals surface area (Å²) < 4.78 is 0. The topological polar surface area (TPSA) is 17.1 Å². The highest BCUT2D eigenvalue weighted by Crippen LogP contribution is 2.27. The van der Waals surface area contributed by atoms with Gasteiger partial charge in [-0.2, -0.15) is 0 Å². The molecule has 0 heterocycles. The lowest BCUT2D eigenvalue weighted by atomic mass is 9.79. The van der Waals surface area contributed by atoms with Crippen molar-refractivity contribution in [3.8, 4) is 0 Å². The Bertz CT molecular complexity index is 127. The quantitative estimate of drug-likeness (QED) is 0.588. The third kappa shape index (κ3) is 1.83. The van der Waals surface area contributed by atoms with Crippen LogP contribution in [0.5, 0.6) is 0 Å². The van der Waals surface area contributed by atoms with Gasteiger partial charge in [-0.15, -0.1) is 0 Å². The predicted molar refractivity (Wildman–Crippen MR) is 41.8 cm³/mol. The zero-order valence-electron chi connectivity index (χ0n) is 6.89. The third-order valence-electron chi connectivity index (χ3n) is 2.29. The summed E-state index contributed by atoms with van der Waals surface area (Å²) in [6.07, 6.45) is 4.36. The number of carbonyl (C=O) groups is 1. The lowest BCUT2D eigenvalue weighted by Gasteiger charge is -2.24. The van der Waals surface area contributed by atoms with Crippen LogP contribution in [0.25, 0.3) is 0 Å². The molecule has 1 unspecified atom stereocenters. The Hall–Kier alpha value is -0.330. The van der Waals surface area contributed by atoms with Crippen molar-refractivity contribution in [2.24, 2.45) is 11.8 Å². The molecule has 0 saturated heterocycles. The van der Waals surface area contributed by atoms with Crippen LogP contribution in [-0.4, -0.2) is 5.78 Å². The molecule has 0 aliphatic heterocycles. The van der Waals surface area contributed by atoms with E-state index in [4.69, 9.17) is 0 Å². The van der Waals surface area contributed by atoms with E-state index in [9.17, 15) is 4.79 Å². The van der Waals surface area contributed by atoms with E-state index in [1.54, 1.807) is 0 Å². The highest BCUT2D eigenvalue weighted by atomic mass is 16.1. The van der Waals surface area contributed by atoms with Crippen LogP contribution < -0.4 is 0 Å². The van der Waals surface area contributed by atoms with Crippen molar-refractivity contribution in [3.63, 3.8) is 0 Å². The molecule has 1 aliphatic carbocycles. The van der Waals surface area contributed by atoms with Gasteiger partial charge >= 0.3 is 0 Å². The zero-order valence-corrected chi connectivity index (χ0v) is 6.89. The minimum Gasteiger partial charge on any atom is -0.299 e. The van der Waals surface area contributed by atoms with Crippen molar-refractivity contribution in [2.45, 2.75) is 39.5 Å². The van der Waals surface area contributed by atoms with Crippen molar-refractivity contribution < 1.29 is 4.79 Å². The fourth-order valence-electron chi connectivity index (χ4n) is 1.31. The van der Waals surface area contributed by atoms with Gasteiger partial charge in [-0.1, -0.05) is 20.3 Å². The van der Waals surface area contributed by atoms with E-state index in [-0.39, 0.29) is 0 Å². The summed E-state index contributed by atoms with van der Waals surface area (Å²) in [4.78, 5) is 10.8. The largest absolute Gasteiger partial charge is 0.299 e. The monoisotopic (exact) mass is 140 g/mol. The van der Waals surface area contributed by atoms with Gasteiger partial charge in [0.1, 0.15) is 5.78 Å². The number of Topliss-reactive ketones (excluding diaryl/α,β-unsaturated/α-hetero) is 1. The number of carbonyl (C=O) groups excluding carboxylic acids is 1. The fourth-order valence-corrected chi connectivity index (χ4v) is 1.31. The lowest BCUT2D eigenvalue weighted by Crippen LogP contribution is -2.25. The van der Waals surface area contributed by atoms with E-state index in [1.807, 2.05) is 0 Å². The molecule has 0 radical (unpaired) electrons. The first-order chi connectivity index (χ1) is 4.70. The molecule has 1 nitrogen and oxygen atoms in total. The molecular weight excluding hydrogens is 124 g/mol. The van der Waals surface area contributed by atoms with E-state index >= 15 is 0 Å². The summed E-state index contributed by atoms with van der Waals surface area (Å²) in [5.41, 5.74) is 0. The second-order valence-corrected chi connectivity index (χ2v) is 3.67. The highest BCUT2D eigenvalue weighted by Gasteiger charge is 2.27. The van der Waals surface area contributed by atoms with E-state index in [0.717, 1.165) is 25.2 Å². The van der Waals surface area contributed by atoms with E-state index in [2.05, 4.69) is 13.8 Å². The van der Waals surface area contributed by atoms with Crippen molar-refractivity contribution in [2.75, 3.05) is 0 Å². The first-order valence-electron chi connectivity index (χ1n) is 4.23. The Morgan fingerprint density at radius 1 is 1.60 bits per heavy atom. The Morgan fingerprint density at radius 2 is 2.30 bits per heavy atom. The van der Waals surface area contributed by atoms with E-state index in [0.29, 0.717) is 11.7 Å². The molecule has 1 fully saturated rings. The molecule has 0 spiro atoms. The average Bonchev–Trinajstić information content (AvgIpc) is 1.84. The Balaban J connectivity index is 2.08. The van der Waals surface area contributed by atoms with E-state index < -0.39 is 0 Å². The predicted octanol–water partition coefficient (Wildman–Crippen LogP) is 2.40. The molecule has 0 aromatic heterocycles. The molecule has 10 heavy (non-hydrogen) atoms. The van der Waals surface area contributed by atoms with Crippen molar-refractivity contribution >= 4 is 5.78 Å². The van der Waals surface area contributed by atoms with Crippen LogP contribution in [0.1, 0.15) is 39.5 Å². The Labute approximate surface area is 62.8 Å². The highest BCUT2D eigenvalue weighted by molar-refractivity contribution is 5.86. The summed E-state index contributed by atoms with van der Waals surface area (Å²) in [6.45, 7) is 4.42. The minimum absolute atomic E-state index is 0.447. The van der Waals surface area contributed by atoms with Gasteiger partial charge in [0.2, 0.25) is 0 Å². The van der Waals surface area contributed by atoms with Crippen LogP contribution in [-0.2, 0) is 4.79 Å². The molecule has 58 valence electrons. The van der Waals surface area contributed by atoms with Crippen molar-refractivity contribution in [1.82, 2.24) is 0 Å². The molecule has 1 saturated carbocycles. The van der Waals surface area contributed by atoms with Gasteiger partial charge in [0, 0.05) is 12.3 Å². The molecule has 0 aromatic carbocycles. The van der Waals surface area contributed by atoms with Gasteiger partial charge in [-0.25, -0.2) is 0 Å². The van der Waals surface area contributed by atoms with Crippen molar-refractivity contribution in [1.29, 1.82) is 0 Å². The Kier molecular flexibility index (Phi) is 2.47. The standard InChI is InChI=1S/C9H16O/c1-7(2)3-4-8-5-6-9(8)10/h7-8H,3-6H2,1-2H3. The molecule has 0 bridgehead atoms. The molecule has 1 aliphatic rings. The minimum atomic E-state index is 0.447. The number of rotatable bonds is 3. The smallest absolute Gasteiger partial charge is 0.136 e. The summed E-state index contributed by atoms with van der Waals surface area (Å²) in [7, 11) is 0. The first kappa shape index (κ1) is 7.77. The van der Waals surface area contributed by atoms with Crippen LogP contribution in [0.3, 0.4) is 0 Å². The molecule has 1 atom stereocenters. The summed E-state index contributed by atoms with van der Waals surface area (Å²) >= 11 is 0. The molecule has 0 N–H and O–H groups in total.